The molecule has 1 N–H and O–H groups in total. The monoisotopic (exact) mass is 271 g/mol. The minimum absolute atomic E-state index is 0.417. The van der Waals surface area contributed by atoms with Crippen LogP contribution in [0.2, 0.25) is 0 Å². The molecule has 0 saturated carbocycles. The van der Waals surface area contributed by atoms with Crippen LogP contribution >= 0.6 is 0 Å². The van der Waals surface area contributed by atoms with Gasteiger partial charge in [-0.05, 0) is 38.3 Å². The van der Waals surface area contributed by atoms with E-state index in [2.05, 4.69) is 46.6 Å². The number of nitrogens with one attached hydrogen (secondary N) is 1. The molecule has 3 rings (SSSR count). The van der Waals surface area contributed by atoms with Crippen molar-refractivity contribution in [1.29, 1.82) is 0 Å². The summed E-state index contributed by atoms with van der Waals surface area (Å²) >= 11 is 0. The molecule has 1 aliphatic rings. The fraction of sp³-hybridized carbons (Fsp3) is 0.500. The molecule has 1 atom stereocenters. The summed E-state index contributed by atoms with van der Waals surface area (Å²) in [6.07, 6.45) is 4.11. The predicted molar refractivity (Wildman–Crippen MR) is 77.7 cm³/mol. The summed E-state index contributed by atoms with van der Waals surface area (Å²) in [5.41, 5.74) is 2.60. The molecule has 0 radical (unpaired) electrons. The fourth-order valence-electron chi connectivity index (χ4n) is 2.61. The van der Waals surface area contributed by atoms with E-state index in [0.717, 1.165) is 44.1 Å². The van der Waals surface area contributed by atoms with Gasteiger partial charge in [-0.1, -0.05) is 35.0 Å². The Kier molecular flexibility index (Phi) is 4.11. The summed E-state index contributed by atoms with van der Waals surface area (Å²) < 4.78 is 5.37. The lowest BCUT2D eigenvalue weighted by Gasteiger charge is -2.19. The van der Waals surface area contributed by atoms with Crippen molar-refractivity contribution in [1.82, 2.24) is 15.5 Å². The number of rotatable bonds is 4. The number of piperidine rings is 1. The molecule has 20 heavy (non-hydrogen) atoms. The van der Waals surface area contributed by atoms with Gasteiger partial charge in [0, 0.05) is 18.9 Å². The van der Waals surface area contributed by atoms with E-state index in [4.69, 9.17) is 4.52 Å². The second-order valence-electron chi connectivity index (χ2n) is 5.58. The molecular weight excluding hydrogens is 250 g/mol. The van der Waals surface area contributed by atoms with Crippen LogP contribution in [-0.4, -0.2) is 23.2 Å². The number of aromatic nitrogens is 2. The topological polar surface area (TPSA) is 51.0 Å². The van der Waals surface area contributed by atoms with E-state index < -0.39 is 0 Å². The van der Waals surface area contributed by atoms with Gasteiger partial charge in [0.25, 0.3) is 0 Å². The van der Waals surface area contributed by atoms with E-state index >= 15 is 0 Å². The van der Waals surface area contributed by atoms with Gasteiger partial charge in [-0.2, -0.15) is 4.98 Å². The molecule has 4 nitrogen and oxygen atoms in total. The van der Waals surface area contributed by atoms with Crippen molar-refractivity contribution >= 4 is 0 Å². The van der Waals surface area contributed by atoms with E-state index in [9.17, 15) is 0 Å². The highest BCUT2D eigenvalue weighted by atomic mass is 16.5. The summed E-state index contributed by atoms with van der Waals surface area (Å²) in [5, 5.41) is 7.52. The number of aryl methyl sites for hydroxylation is 3. The fourth-order valence-corrected chi connectivity index (χ4v) is 2.61. The highest BCUT2D eigenvalue weighted by Crippen LogP contribution is 2.20. The molecule has 0 aliphatic carbocycles. The number of hydrogen-bond donors (Lipinski definition) is 1. The molecule has 1 fully saturated rings. The Bertz CT molecular complexity index is 541. The third-order valence-corrected chi connectivity index (χ3v) is 3.89. The van der Waals surface area contributed by atoms with Crippen LogP contribution in [-0.2, 0) is 12.8 Å². The second-order valence-corrected chi connectivity index (χ2v) is 5.58. The van der Waals surface area contributed by atoms with Gasteiger partial charge >= 0.3 is 0 Å². The minimum Gasteiger partial charge on any atom is -0.339 e. The molecule has 0 bridgehead atoms. The first kappa shape index (κ1) is 13.3. The lowest BCUT2D eigenvalue weighted by atomic mass is 9.99. The molecule has 0 amide bonds. The molecule has 1 unspecified atom stereocenters. The molecule has 1 aromatic heterocycles. The highest BCUT2D eigenvalue weighted by Gasteiger charge is 2.20. The van der Waals surface area contributed by atoms with Crippen LogP contribution in [0.15, 0.2) is 28.8 Å². The zero-order valence-electron chi connectivity index (χ0n) is 11.9. The lowest BCUT2D eigenvalue weighted by molar-refractivity contribution is 0.361. The summed E-state index contributed by atoms with van der Waals surface area (Å²) in [5.74, 6) is 2.04. The van der Waals surface area contributed by atoms with Crippen molar-refractivity contribution < 1.29 is 4.52 Å². The van der Waals surface area contributed by atoms with Crippen LogP contribution in [0, 0.1) is 6.92 Å². The Labute approximate surface area is 119 Å². The standard InChI is InChI=1S/C16H21N3O/c1-12-4-6-13(7-5-12)8-9-15-18-16(19-20-15)14-3-2-10-17-11-14/h4-7,14,17H,2-3,8-11H2,1H3. The molecule has 4 heteroatoms. The van der Waals surface area contributed by atoms with E-state index in [0.29, 0.717) is 5.92 Å². The predicted octanol–water partition coefficient (Wildman–Crippen LogP) is 2.63. The van der Waals surface area contributed by atoms with Crippen LogP contribution in [0.25, 0.3) is 0 Å². The molecule has 1 saturated heterocycles. The van der Waals surface area contributed by atoms with Gasteiger partial charge in [0.1, 0.15) is 0 Å². The van der Waals surface area contributed by atoms with Gasteiger partial charge in [0.05, 0.1) is 0 Å². The van der Waals surface area contributed by atoms with E-state index in [-0.39, 0.29) is 0 Å². The summed E-state index contributed by atoms with van der Waals surface area (Å²) in [7, 11) is 0. The molecule has 2 heterocycles. The Morgan fingerprint density at radius 3 is 2.85 bits per heavy atom. The van der Waals surface area contributed by atoms with Crippen molar-refractivity contribution in [3.8, 4) is 0 Å². The maximum absolute atomic E-state index is 5.37. The smallest absolute Gasteiger partial charge is 0.226 e. The third kappa shape index (κ3) is 3.25. The third-order valence-electron chi connectivity index (χ3n) is 3.89. The van der Waals surface area contributed by atoms with E-state index in [1.807, 2.05) is 0 Å². The average molecular weight is 271 g/mol. The normalized spacial score (nSPS) is 19.1. The first-order chi connectivity index (χ1) is 9.81. The van der Waals surface area contributed by atoms with Crippen LogP contribution in [0.1, 0.15) is 41.6 Å². The Balaban J connectivity index is 1.58. The quantitative estimate of drug-likeness (QED) is 0.928. The van der Waals surface area contributed by atoms with Gasteiger partial charge in [0.15, 0.2) is 5.82 Å². The summed E-state index contributed by atoms with van der Waals surface area (Å²) in [6.45, 7) is 4.18. The lowest BCUT2D eigenvalue weighted by Crippen LogP contribution is -2.28. The van der Waals surface area contributed by atoms with Gasteiger partial charge in [-0.15, -0.1) is 0 Å². The van der Waals surface area contributed by atoms with Crippen molar-refractivity contribution in [2.75, 3.05) is 13.1 Å². The Morgan fingerprint density at radius 2 is 2.10 bits per heavy atom. The van der Waals surface area contributed by atoms with Crippen molar-refractivity contribution in [3.05, 3.63) is 47.1 Å². The number of benzene rings is 1. The largest absolute Gasteiger partial charge is 0.339 e. The number of hydrogen-bond acceptors (Lipinski definition) is 4. The zero-order chi connectivity index (χ0) is 13.8. The van der Waals surface area contributed by atoms with Crippen molar-refractivity contribution in [3.63, 3.8) is 0 Å². The van der Waals surface area contributed by atoms with Crippen LogP contribution in [0.4, 0.5) is 0 Å². The molecule has 2 aromatic rings. The van der Waals surface area contributed by atoms with E-state index in [1.54, 1.807) is 0 Å². The first-order valence-corrected chi connectivity index (χ1v) is 7.40. The second kappa shape index (κ2) is 6.18. The average Bonchev–Trinajstić information content (AvgIpc) is 2.97. The summed E-state index contributed by atoms with van der Waals surface area (Å²) in [4.78, 5) is 4.55. The summed E-state index contributed by atoms with van der Waals surface area (Å²) in [6, 6.07) is 8.61. The maximum atomic E-state index is 5.37. The minimum atomic E-state index is 0.417. The van der Waals surface area contributed by atoms with E-state index in [1.165, 1.54) is 17.5 Å². The van der Waals surface area contributed by atoms with Gasteiger partial charge in [-0.25, -0.2) is 0 Å². The van der Waals surface area contributed by atoms with Gasteiger partial charge < -0.3 is 9.84 Å². The molecular formula is C16H21N3O. The highest BCUT2D eigenvalue weighted by molar-refractivity contribution is 5.21. The van der Waals surface area contributed by atoms with Crippen molar-refractivity contribution in [2.24, 2.45) is 0 Å². The number of nitrogens with zero attached hydrogens (tertiary/aromatic N) is 2. The molecule has 0 spiro atoms. The molecule has 106 valence electrons. The van der Waals surface area contributed by atoms with Crippen LogP contribution < -0.4 is 5.32 Å². The van der Waals surface area contributed by atoms with Crippen LogP contribution in [0.3, 0.4) is 0 Å². The zero-order valence-corrected chi connectivity index (χ0v) is 11.9. The Morgan fingerprint density at radius 1 is 1.25 bits per heavy atom. The first-order valence-electron chi connectivity index (χ1n) is 7.40. The SMILES string of the molecule is Cc1ccc(CCc2nc(C3CCCNC3)no2)cc1. The van der Waals surface area contributed by atoms with Gasteiger partial charge in [-0.3, -0.25) is 0 Å². The van der Waals surface area contributed by atoms with Crippen molar-refractivity contribution in [2.45, 2.75) is 38.5 Å². The molecule has 1 aromatic carbocycles. The molecule has 1 aliphatic heterocycles. The van der Waals surface area contributed by atoms with Gasteiger partial charge in [0.2, 0.25) is 5.89 Å². The Hall–Kier alpha value is -1.68. The maximum Gasteiger partial charge on any atom is 0.226 e. The van der Waals surface area contributed by atoms with Crippen LogP contribution in [0.5, 0.6) is 0 Å².